The smallest absolute Gasteiger partial charge is 0.189 e. The number of nitrogens with one attached hydrogen (secondary N) is 1. The first-order valence-electron chi connectivity index (χ1n) is 5.21. The molecular formula is C12H15ClF2IN3. The Kier molecular flexibility index (Phi) is 7.93. The van der Waals surface area contributed by atoms with Crippen molar-refractivity contribution in [3.05, 3.63) is 46.5 Å². The fourth-order valence-electron chi connectivity index (χ4n) is 1.15. The van der Waals surface area contributed by atoms with Crippen LogP contribution >= 0.6 is 35.6 Å². The molecule has 19 heavy (non-hydrogen) atoms. The highest BCUT2D eigenvalue weighted by Crippen LogP contribution is 2.19. The van der Waals surface area contributed by atoms with Crippen LogP contribution in [0.1, 0.15) is 12.5 Å². The van der Waals surface area contributed by atoms with Gasteiger partial charge in [0.2, 0.25) is 0 Å². The van der Waals surface area contributed by atoms with Gasteiger partial charge in [-0.15, -0.1) is 24.0 Å². The number of nitrogens with zero attached hydrogens (tertiary/aromatic N) is 1. The second-order valence-electron chi connectivity index (χ2n) is 3.87. The Morgan fingerprint density at radius 3 is 2.63 bits per heavy atom. The summed E-state index contributed by atoms with van der Waals surface area (Å²) in [6, 6.07) is 1.92. The van der Waals surface area contributed by atoms with E-state index < -0.39 is 11.6 Å². The summed E-state index contributed by atoms with van der Waals surface area (Å²) in [5.74, 6) is -1.15. The number of nitrogens with two attached hydrogens (primary N) is 1. The zero-order valence-corrected chi connectivity index (χ0v) is 13.4. The minimum atomic E-state index is -0.684. The Balaban J connectivity index is 0.00000324. The topological polar surface area (TPSA) is 50.4 Å². The summed E-state index contributed by atoms with van der Waals surface area (Å²) in [6.45, 7) is 5.93. The number of halogens is 4. The molecule has 0 spiro atoms. The zero-order chi connectivity index (χ0) is 13.7. The van der Waals surface area contributed by atoms with E-state index in [0.29, 0.717) is 6.54 Å². The van der Waals surface area contributed by atoms with E-state index in [1.54, 1.807) is 0 Å². The van der Waals surface area contributed by atoms with E-state index in [1.165, 1.54) is 0 Å². The Morgan fingerprint density at radius 2 is 2.05 bits per heavy atom. The van der Waals surface area contributed by atoms with E-state index in [4.69, 9.17) is 17.3 Å². The van der Waals surface area contributed by atoms with Gasteiger partial charge in [0.05, 0.1) is 11.6 Å². The summed E-state index contributed by atoms with van der Waals surface area (Å²) in [4.78, 5) is 3.89. The van der Waals surface area contributed by atoms with Crippen LogP contribution in [0.15, 0.2) is 29.3 Å². The van der Waals surface area contributed by atoms with Gasteiger partial charge in [0, 0.05) is 12.1 Å². The van der Waals surface area contributed by atoms with Crippen molar-refractivity contribution >= 4 is 41.5 Å². The number of rotatable bonds is 4. The van der Waals surface area contributed by atoms with Crippen molar-refractivity contribution < 1.29 is 8.78 Å². The molecule has 0 aliphatic rings. The predicted molar refractivity (Wildman–Crippen MR) is 84.9 cm³/mol. The first-order valence-corrected chi connectivity index (χ1v) is 5.59. The summed E-state index contributed by atoms with van der Waals surface area (Å²) < 4.78 is 26.5. The van der Waals surface area contributed by atoms with E-state index in [-0.39, 0.29) is 47.1 Å². The third-order valence-electron chi connectivity index (χ3n) is 2.08. The SMILES string of the molecule is C=C(C)CNC(N)=NCc1cc(F)c(Cl)cc1F.I. The van der Waals surface area contributed by atoms with Gasteiger partial charge >= 0.3 is 0 Å². The van der Waals surface area contributed by atoms with Crippen LogP contribution in [0.5, 0.6) is 0 Å². The quantitative estimate of drug-likeness (QED) is 0.268. The molecule has 0 saturated heterocycles. The van der Waals surface area contributed by atoms with Crippen LogP contribution in [0.25, 0.3) is 0 Å². The molecule has 0 amide bonds. The zero-order valence-electron chi connectivity index (χ0n) is 10.3. The van der Waals surface area contributed by atoms with Crippen LogP contribution in [0.3, 0.4) is 0 Å². The normalized spacial score (nSPS) is 10.8. The van der Waals surface area contributed by atoms with Crippen LogP contribution in [0.4, 0.5) is 8.78 Å². The molecule has 106 valence electrons. The number of hydrogen-bond acceptors (Lipinski definition) is 1. The maximum atomic E-state index is 13.4. The molecule has 0 radical (unpaired) electrons. The Hall–Kier alpha value is -0.890. The fraction of sp³-hybridized carbons (Fsp3) is 0.250. The molecule has 3 N–H and O–H groups in total. The highest BCUT2D eigenvalue weighted by atomic mass is 127. The standard InChI is InChI=1S/C12H14ClF2N3.HI/c1-7(2)5-17-12(16)18-6-8-3-11(15)9(13)4-10(8)14;/h3-4H,1,5-6H2,2H3,(H3,16,17,18);1H. The van der Waals surface area contributed by atoms with E-state index >= 15 is 0 Å². The molecule has 1 aromatic rings. The van der Waals surface area contributed by atoms with Gasteiger partial charge < -0.3 is 11.1 Å². The minimum Gasteiger partial charge on any atom is -0.370 e. The fourth-order valence-corrected chi connectivity index (χ4v) is 1.30. The Labute approximate surface area is 132 Å². The second kappa shape index (κ2) is 8.31. The van der Waals surface area contributed by atoms with Gasteiger partial charge in [-0.2, -0.15) is 0 Å². The van der Waals surface area contributed by atoms with Crippen molar-refractivity contribution in [1.29, 1.82) is 0 Å². The molecule has 3 nitrogen and oxygen atoms in total. The van der Waals surface area contributed by atoms with E-state index in [2.05, 4.69) is 16.9 Å². The molecule has 1 rings (SSSR count). The van der Waals surface area contributed by atoms with Crippen molar-refractivity contribution in [3.8, 4) is 0 Å². The average Bonchev–Trinajstić information content (AvgIpc) is 2.29. The third-order valence-corrected chi connectivity index (χ3v) is 2.37. The summed E-state index contributed by atoms with van der Waals surface area (Å²) >= 11 is 5.44. The van der Waals surface area contributed by atoms with E-state index in [9.17, 15) is 8.78 Å². The Bertz CT molecular complexity index is 492. The number of aliphatic imine (C=N–C) groups is 1. The van der Waals surface area contributed by atoms with Crippen molar-refractivity contribution in [3.63, 3.8) is 0 Å². The molecule has 0 unspecified atom stereocenters. The molecule has 0 aromatic heterocycles. The number of guanidine groups is 1. The van der Waals surface area contributed by atoms with Gasteiger partial charge in [0.25, 0.3) is 0 Å². The molecule has 0 bridgehead atoms. The maximum absolute atomic E-state index is 13.4. The molecule has 0 aliphatic carbocycles. The van der Waals surface area contributed by atoms with Crippen molar-refractivity contribution in [2.45, 2.75) is 13.5 Å². The molecule has 0 fully saturated rings. The van der Waals surface area contributed by atoms with Crippen LogP contribution in [0, 0.1) is 11.6 Å². The molecular weight excluding hydrogens is 387 g/mol. The van der Waals surface area contributed by atoms with Crippen molar-refractivity contribution in [1.82, 2.24) is 5.32 Å². The van der Waals surface area contributed by atoms with Gasteiger partial charge in [0.1, 0.15) is 11.6 Å². The molecule has 0 saturated carbocycles. The summed E-state index contributed by atoms with van der Waals surface area (Å²) in [6.07, 6.45) is 0. The highest BCUT2D eigenvalue weighted by molar-refractivity contribution is 14.0. The van der Waals surface area contributed by atoms with Crippen LogP contribution in [-0.4, -0.2) is 12.5 Å². The monoisotopic (exact) mass is 401 g/mol. The van der Waals surface area contributed by atoms with E-state index in [1.807, 2.05) is 6.92 Å². The van der Waals surface area contributed by atoms with Gasteiger partial charge in [-0.25, -0.2) is 13.8 Å². The van der Waals surface area contributed by atoms with Crippen molar-refractivity contribution in [2.24, 2.45) is 10.7 Å². The van der Waals surface area contributed by atoms with Gasteiger partial charge in [-0.05, 0) is 19.1 Å². The van der Waals surface area contributed by atoms with Gasteiger partial charge in [0.15, 0.2) is 5.96 Å². The predicted octanol–water partition coefficient (Wildman–Crippen LogP) is 3.22. The summed E-state index contributed by atoms with van der Waals surface area (Å²) in [5, 5.41) is 2.53. The van der Waals surface area contributed by atoms with Crippen molar-refractivity contribution in [2.75, 3.05) is 6.54 Å². The summed E-state index contributed by atoms with van der Waals surface area (Å²) in [7, 11) is 0. The molecule has 1 aromatic carbocycles. The lowest BCUT2D eigenvalue weighted by Gasteiger charge is -2.06. The van der Waals surface area contributed by atoms with Gasteiger partial charge in [-0.3, -0.25) is 0 Å². The van der Waals surface area contributed by atoms with Crippen LogP contribution in [0.2, 0.25) is 5.02 Å². The first-order chi connectivity index (χ1) is 8.40. The molecule has 0 aliphatic heterocycles. The lowest BCUT2D eigenvalue weighted by Crippen LogP contribution is -2.32. The lowest BCUT2D eigenvalue weighted by molar-refractivity contribution is 0.586. The van der Waals surface area contributed by atoms with E-state index in [0.717, 1.165) is 17.7 Å². The Morgan fingerprint density at radius 1 is 1.42 bits per heavy atom. The maximum Gasteiger partial charge on any atom is 0.189 e. The molecule has 0 heterocycles. The van der Waals surface area contributed by atoms with Crippen LogP contribution < -0.4 is 11.1 Å². The third kappa shape index (κ3) is 6.20. The highest BCUT2D eigenvalue weighted by Gasteiger charge is 2.08. The number of benzene rings is 1. The largest absolute Gasteiger partial charge is 0.370 e. The summed E-state index contributed by atoms with van der Waals surface area (Å²) in [5.41, 5.74) is 6.52. The lowest BCUT2D eigenvalue weighted by atomic mass is 10.2. The first kappa shape index (κ1) is 18.1. The molecule has 7 heteroatoms. The van der Waals surface area contributed by atoms with Crippen LogP contribution in [-0.2, 0) is 6.54 Å². The second-order valence-corrected chi connectivity index (χ2v) is 4.28. The minimum absolute atomic E-state index is 0. The molecule has 0 atom stereocenters. The van der Waals surface area contributed by atoms with Gasteiger partial charge in [-0.1, -0.05) is 23.8 Å². The number of hydrogen-bond donors (Lipinski definition) is 2. The average molecular weight is 402 g/mol.